The van der Waals surface area contributed by atoms with Gasteiger partial charge in [0.25, 0.3) is 0 Å². The third-order valence-electron chi connectivity index (χ3n) is 3.57. The summed E-state index contributed by atoms with van der Waals surface area (Å²) in [7, 11) is 0. The number of nitrogens with zero attached hydrogens (tertiary/aromatic N) is 1. The molecule has 22 heavy (non-hydrogen) atoms. The highest BCUT2D eigenvalue weighted by atomic mass is 35.5. The number of aryl methyl sites for hydroxylation is 1. The monoisotopic (exact) mass is 322 g/mol. The molecule has 0 spiro atoms. The average Bonchev–Trinajstić information content (AvgIpc) is 2.84. The van der Waals surface area contributed by atoms with Crippen LogP contribution in [0, 0.1) is 6.92 Å². The van der Waals surface area contributed by atoms with E-state index in [9.17, 15) is 9.90 Å². The zero-order valence-corrected chi connectivity index (χ0v) is 13.1. The van der Waals surface area contributed by atoms with Crippen molar-refractivity contribution in [1.29, 1.82) is 0 Å². The average molecular weight is 323 g/mol. The summed E-state index contributed by atoms with van der Waals surface area (Å²) in [5.41, 5.74) is 2.32. The number of aliphatic hydroxyl groups excluding tert-OH is 1. The van der Waals surface area contributed by atoms with Crippen LogP contribution in [0.15, 0.2) is 34.9 Å². The number of carbonyl (C=O) groups is 1. The van der Waals surface area contributed by atoms with Crippen molar-refractivity contribution >= 4 is 17.5 Å². The van der Waals surface area contributed by atoms with Gasteiger partial charge in [0.1, 0.15) is 0 Å². The molecule has 0 saturated carbocycles. The van der Waals surface area contributed by atoms with Gasteiger partial charge < -0.3 is 14.9 Å². The van der Waals surface area contributed by atoms with E-state index in [2.05, 4.69) is 10.5 Å². The summed E-state index contributed by atoms with van der Waals surface area (Å²) in [5, 5.41) is 15.9. The summed E-state index contributed by atoms with van der Waals surface area (Å²) in [5.74, 6) is -0.0683. The molecule has 1 amide bonds. The number of nitrogens with one attached hydrogen (secondary N) is 1. The molecule has 0 radical (unpaired) electrons. The van der Waals surface area contributed by atoms with E-state index in [4.69, 9.17) is 16.1 Å². The maximum atomic E-state index is 12.1. The Bertz CT molecular complexity index is 594. The van der Waals surface area contributed by atoms with E-state index in [1.807, 2.05) is 30.3 Å². The molecular weight excluding hydrogens is 304 g/mol. The number of hydrogen-bond acceptors (Lipinski definition) is 4. The second kappa shape index (κ2) is 7.96. The van der Waals surface area contributed by atoms with Crippen molar-refractivity contribution in [3.05, 3.63) is 52.4 Å². The van der Waals surface area contributed by atoms with Crippen molar-refractivity contribution in [1.82, 2.24) is 10.5 Å². The minimum atomic E-state index is -0.146. The van der Waals surface area contributed by atoms with E-state index in [0.29, 0.717) is 24.2 Å². The Kier molecular flexibility index (Phi) is 5.98. The summed E-state index contributed by atoms with van der Waals surface area (Å²) >= 11 is 5.86. The fourth-order valence-corrected chi connectivity index (χ4v) is 2.52. The Balaban J connectivity index is 1.93. The molecule has 1 unspecified atom stereocenters. The van der Waals surface area contributed by atoms with Crippen molar-refractivity contribution in [3.8, 4) is 0 Å². The Morgan fingerprint density at radius 2 is 2.14 bits per heavy atom. The number of benzene rings is 1. The zero-order chi connectivity index (χ0) is 15.9. The van der Waals surface area contributed by atoms with Crippen molar-refractivity contribution in [2.75, 3.05) is 13.2 Å². The van der Waals surface area contributed by atoms with Gasteiger partial charge in [-0.2, -0.15) is 0 Å². The molecule has 1 atom stereocenters. The number of aromatic nitrogens is 1. The normalized spacial score (nSPS) is 12.1. The molecule has 2 rings (SSSR count). The number of hydrogen-bond donors (Lipinski definition) is 2. The van der Waals surface area contributed by atoms with Crippen LogP contribution >= 0.6 is 11.6 Å². The Morgan fingerprint density at radius 1 is 1.41 bits per heavy atom. The van der Waals surface area contributed by atoms with Crippen LogP contribution in [0.3, 0.4) is 0 Å². The first-order chi connectivity index (χ1) is 10.6. The zero-order valence-electron chi connectivity index (χ0n) is 12.4. The molecule has 2 aromatic rings. The maximum Gasteiger partial charge on any atom is 0.229 e. The molecule has 0 aliphatic carbocycles. The maximum absolute atomic E-state index is 12.1. The van der Waals surface area contributed by atoms with Gasteiger partial charge in [-0.1, -0.05) is 35.5 Å². The van der Waals surface area contributed by atoms with Crippen molar-refractivity contribution in [2.24, 2.45) is 0 Å². The molecule has 0 aliphatic rings. The molecule has 0 aliphatic heterocycles. The van der Waals surface area contributed by atoms with Gasteiger partial charge in [0.15, 0.2) is 0 Å². The van der Waals surface area contributed by atoms with E-state index in [1.165, 1.54) is 0 Å². The van der Waals surface area contributed by atoms with Crippen LogP contribution in [0.5, 0.6) is 0 Å². The number of amides is 1. The lowest BCUT2D eigenvalue weighted by Crippen LogP contribution is -2.30. The smallest absolute Gasteiger partial charge is 0.229 e. The van der Waals surface area contributed by atoms with Crippen LogP contribution in [-0.2, 0) is 11.2 Å². The molecule has 1 heterocycles. The van der Waals surface area contributed by atoms with Crippen molar-refractivity contribution in [2.45, 2.75) is 25.7 Å². The van der Waals surface area contributed by atoms with Crippen molar-refractivity contribution in [3.63, 3.8) is 0 Å². The van der Waals surface area contributed by atoms with Gasteiger partial charge in [-0.25, -0.2) is 0 Å². The highest BCUT2D eigenvalue weighted by Gasteiger charge is 2.17. The van der Waals surface area contributed by atoms with Crippen LogP contribution in [0.25, 0.3) is 0 Å². The summed E-state index contributed by atoms with van der Waals surface area (Å²) in [6.07, 6.45) is 0.728. The first kappa shape index (κ1) is 16.5. The molecular formula is C16H19ClN2O3. The second-order valence-electron chi connectivity index (χ2n) is 5.12. The van der Waals surface area contributed by atoms with E-state index in [1.54, 1.807) is 6.92 Å². The summed E-state index contributed by atoms with van der Waals surface area (Å²) in [4.78, 5) is 12.1. The second-order valence-corrected chi connectivity index (χ2v) is 5.46. The third kappa shape index (κ3) is 4.32. The van der Waals surface area contributed by atoms with Gasteiger partial charge in [-0.05, 0) is 30.5 Å². The Labute approximate surface area is 134 Å². The predicted octanol–water partition coefficient (Wildman–Crippen LogP) is 2.46. The third-order valence-corrected chi connectivity index (χ3v) is 3.87. The van der Waals surface area contributed by atoms with Gasteiger partial charge in [0.2, 0.25) is 11.1 Å². The standard InChI is InChI=1S/C16H19ClN2O3/c1-11-14(16(17)22-19-11)9-15(21)18-10-13(7-8-20)12-5-3-2-4-6-12/h2-6,13,20H,7-10H2,1H3,(H,18,21). The van der Waals surface area contributed by atoms with E-state index < -0.39 is 0 Å². The minimum Gasteiger partial charge on any atom is -0.396 e. The quantitative estimate of drug-likeness (QED) is 0.821. The molecule has 5 nitrogen and oxygen atoms in total. The number of rotatable bonds is 7. The fourth-order valence-electron chi connectivity index (χ4n) is 2.29. The fraction of sp³-hybridized carbons (Fsp3) is 0.375. The molecule has 0 fully saturated rings. The Hall–Kier alpha value is -1.85. The molecule has 0 saturated heterocycles. The predicted molar refractivity (Wildman–Crippen MR) is 83.8 cm³/mol. The summed E-state index contributed by atoms with van der Waals surface area (Å²) < 4.78 is 4.83. The van der Waals surface area contributed by atoms with E-state index in [-0.39, 0.29) is 30.1 Å². The lowest BCUT2D eigenvalue weighted by molar-refractivity contribution is -0.120. The lowest BCUT2D eigenvalue weighted by atomic mass is 9.96. The minimum absolute atomic E-state index is 0.0754. The van der Waals surface area contributed by atoms with Gasteiger partial charge in [-0.3, -0.25) is 4.79 Å². The van der Waals surface area contributed by atoms with Gasteiger partial charge in [0, 0.05) is 24.6 Å². The first-order valence-electron chi connectivity index (χ1n) is 7.15. The van der Waals surface area contributed by atoms with Crippen molar-refractivity contribution < 1.29 is 14.4 Å². The molecule has 6 heteroatoms. The summed E-state index contributed by atoms with van der Waals surface area (Å²) in [6.45, 7) is 2.29. The number of carbonyl (C=O) groups excluding carboxylic acids is 1. The lowest BCUT2D eigenvalue weighted by Gasteiger charge is -2.17. The van der Waals surface area contributed by atoms with Gasteiger partial charge in [0.05, 0.1) is 12.1 Å². The highest BCUT2D eigenvalue weighted by molar-refractivity contribution is 6.29. The molecule has 2 N–H and O–H groups in total. The topological polar surface area (TPSA) is 75.4 Å². The first-order valence-corrected chi connectivity index (χ1v) is 7.52. The summed E-state index contributed by atoms with van der Waals surface area (Å²) in [6, 6.07) is 9.82. The van der Waals surface area contributed by atoms with E-state index >= 15 is 0 Å². The Morgan fingerprint density at radius 3 is 2.73 bits per heavy atom. The molecule has 0 bridgehead atoms. The van der Waals surface area contributed by atoms with Gasteiger partial charge >= 0.3 is 0 Å². The molecule has 1 aromatic carbocycles. The number of halogens is 1. The van der Waals surface area contributed by atoms with Crippen LogP contribution in [0.4, 0.5) is 0 Å². The van der Waals surface area contributed by atoms with Crippen LogP contribution in [-0.4, -0.2) is 29.3 Å². The number of aliphatic hydroxyl groups is 1. The van der Waals surface area contributed by atoms with Crippen LogP contribution in [0.1, 0.15) is 29.2 Å². The van der Waals surface area contributed by atoms with Gasteiger partial charge in [-0.15, -0.1) is 0 Å². The largest absolute Gasteiger partial charge is 0.396 e. The molecule has 118 valence electrons. The highest BCUT2D eigenvalue weighted by Crippen LogP contribution is 2.20. The van der Waals surface area contributed by atoms with E-state index in [0.717, 1.165) is 5.56 Å². The molecule has 1 aromatic heterocycles. The SMILES string of the molecule is Cc1noc(Cl)c1CC(=O)NCC(CCO)c1ccccc1. The van der Waals surface area contributed by atoms with Crippen LogP contribution < -0.4 is 5.32 Å². The van der Waals surface area contributed by atoms with Crippen LogP contribution in [0.2, 0.25) is 5.22 Å².